The van der Waals surface area contributed by atoms with E-state index in [1.165, 1.54) is 23.6 Å². The molecule has 32 heavy (non-hydrogen) atoms. The Labute approximate surface area is 191 Å². The first-order valence-corrected chi connectivity index (χ1v) is 10.7. The lowest BCUT2D eigenvalue weighted by atomic mass is 10.0. The minimum atomic E-state index is -1.34. The molecule has 0 radical (unpaired) electrons. The molecule has 8 nitrogen and oxygen atoms in total. The van der Waals surface area contributed by atoms with Crippen molar-refractivity contribution in [2.45, 2.75) is 12.6 Å². The first-order chi connectivity index (χ1) is 15.4. The summed E-state index contributed by atoms with van der Waals surface area (Å²) < 4.78 is 19.1. The predicted molar refractivity (Wildman–Crippen MR) is 118 cm³/mol. The van der Waals surface area contributed by atoms with Crippen LogP contribution in [0.15, 0.2) is 41.3 Å². The van der Waals surface area contributed by atoms with Crippen LogP contribution in [0.5, 0.6) is 11.5 Å². The van der Waals surface area contributed by atoms with Crippen LogP contribution in [0.2, 0.25) is 4.34 Å². The van der Waals surface area contributed by atoms with Gasteiger partial charge < -0.3 is 23.9 Å². The summed E-state index contributed by atoms with van der Waals surface area (Å²) in [4.78, 5) is 24.7. The fourth-order valence-corrected chi connectivity index (χ4v) is 4.49. The molecule has 164 valence electrons. The number of ether oxygens (including phenoxy) is 3. The van der Waals surface area contributed by atoms with Crippen molar-refractivity contribution in [1.29, 1.82) is 5.26 Å². The molecule has 10 heteroatoms. The maximum absolute atomic E-state index is 12.5. The number of thiophene rings is 1. The number of carboxylic acid groups (broad SMARTS) is 1. The Hall–Kier alpha value is -3.32. The van der Waals surface area contributed by atoms with E-state index in [1.54, 1.807) is 35.9 Å². The van der Waals surface area contributed by atoms with Crippen molar-refractivity contribution in [2.24, 2.45) is 0 Å². The van der Waals surface area contributed by atoms with Gasteiger partial charge in [-0.3, -0.25) is 4.79 Å². The number of carbonyl (C=O) groups is 1. The van der Waals surface area contributed by atoms with Gasteiger partial charge in [0.15, 0.2) is 5.43 Å². The molecule has 0 spiro atoms. The van der Waals surface area contributed by atoms with Gasteiger partial charge in [0.1, 0.15) is 23.1 Å². The third kappa shape index (κ3) is 4.08. The van der Waals surface area contributed by atoms with Crippen LogP contribution in [-0.4, -0.2) is 36.0 Å². The number of rotatable bonds is 7. The lowest BCUT2D eigenvalue weighted by molar-refractivity contribution is 0.0693. The molecule has 0 fully saturated rings. The van der Waals surface area contributed by atoms with E-state index in [2.05, 4.69) is 6.07 Å². The van der Waals surface area contributed by atoms with E-state index in [0.717, 1.165) is 0 Å². The van der Waals surface area contributed by atoms with Crippen molar-refractivity contribution in [3.05, 3.63) is 67.1 Å². The summed E-state index contributed by atoms with van der Waals surface area (Å²) in [5.74, 6) is -0.581. The Morgan fingerprint density at radius 3 is 2.81 bits per heavy atom. The first-order valence-electron chi connectivity index (χ1n) is 9.54. The molecule has 4 rings (SSSR count). The molecule has 0 saturated heterocycles. The fraction of sp³-hybridized carbons (Fsp3) is 0.227. The number of hydrogen-bond acceptors (Lipinski definition) is 7. The monoisotopic (exact) mass is 472 g/mol. The van der Waals surface area contributed by atoms with E-state index in [4.69, 9.17) is 25.8 Å². The Morgan fingerprint density at radius 1 is 1.34 bits per heavy atom. The van der Waals surface area contributed by atoms with Gasteiger partial charge in [0.2, 0.25) is 6.23 Å². The SMILES string of the molecule is COCCCOc1cc2c(cc1C#N)-c1cc(=O)c(C(=O)O)cn1C(c1ccc(Cl)s1)O2. The molecule has 2 aromatic heterocycles. The molecule has 1 unspecified atom stereocenters. The topological polar surface area (TPSA) is 111 Å². The Balaban J connectivity index is 1.86. The molecule has 3 aromatic rings. The highest BCUT2D eigenvalue weighted by Crippen LogP contribution is 2.44. The van der Waals surface area contributed by atoms with Crippen LogP contribution in [0.1, 0.15) is 33.4 Å². The number of nitrogens with zero attached hydrogens (tertiary/aromatic N) is 2. The lowest BCUT2D eigenvalue weighted by Gasteiger charge is -2.31. The van der Waals surface area contributed by atoms with Gasteiger partial charge >= 0.3 is 5.97 Å². The highest BCUT2D eigenvalue weighted by atomic mass is 35.5. The number of pyridine rings is 1. The summed E-state index contributed by atoms with van der Waals surface area (Å²) in [6.07, 6.45) is 1.15. The number of fused-ring (bicyclic) bond motifs is 3. The minimum absolute atomic E-state index is 0.267. The summed E-state index contributed by atoms with van der Waals surface area (Å²) in [5.41, 5.74) is 0.158. The van der Waals surface area contributed by atoms with Gasteiger partial charge in [0, 0.05) is 44.0 Å². The van der Waals surface area contributed by atoms with Gasteiger partial charge in [-0.2, -0.15) is 5.26 Å². The maximum atomic E-state index is 12.5. The van der Waals surface area contributed by atoms with Crippen molar-refractivity contribution in [3.8, 4) is 28.8 Å². The van der Waals surface area contributed by atoms with Gasteiger partial charge in [-0.05, 0) is 18.2 Å². The van der Waals surface area contributed by atoms with Crippen molar-refractivity contribution >= 4 is 28.9 Å². The van der Waals surface area contributed by atoms with Crippen molar-refractivity contribution in [3.63, 3.8) is 0 Å². The summed E-state index contributed by atoms with van der Waals surface area (Å²) in [6.45, 7) is 0.871. The number of benzene rings is 1. The van der Waals surface area contributed by atoms with Crippen LogP contribution < -0.4 is 14.9 Å². The second kappa shape index (κ2) is 9.04. The number of halogens is 1. The highest BCUT2D eigenvalue weighted by Gasteiger charge is 2.30. The average molecular weight is 473 g/mol. The van der Waals surface area contributed by atoms with E-state index in [0.29, 0.717) is 51.6 Å². The lowest BCUT2D eigenvalue weighted by Crippen LogP contribution is -2.27. The van der Waals surface area contributed by atoms with Crippen LogP contribution >= 0.6 is 22.9 Å². The Kier molecular flexibility index (Phi) is 6.19. The van der Waals surface area contributed by atoms with Crippen molar-refractivity contribution in [1.82, 2.24) is 4.57 Å². The molecule has 3 heterocycles. The Morgan fingerprint density at radius 2 is 2.16 bits per heavy atom. The molecule has 0 saturated carbocycles. The molecule has 1 aromatic carbocycles. The van der Waals surface area contributed by atoms with Crippen LogP contribution in [0, 0.1) is 11.3 Å². The average Bonchev–Trinajstić information content (AvgIpc) is 3.21. The normalized spacial score (nSPS) is 14.1. The van der Waals surface area contributed by atoms with Crippen LogP contribution in [0.3, 0.4) is 0 Å². The molecule has 1 aliphatic rings. The standard InChI is InChI=1S/C22H17ClN2O6S/c1-29-5-2-6-30-17-9-18-13(7-12(17)10-24)15-8-16(26)14(22(27)28)11-25(15)21(31-18)19-3-4-20(23)32-19/h3-4,7-9,11,21H,2,5-6H2,1H3,(H,27,28). The van der Waals surface area contributed by atoms with Crippen LogP contribution in [-0.2, 0) is 4.74 Å². The van der Waals surface area contributed by atoms with Gasteiger partial charge in [-0.1, -0.05) is 11.6 Å². The quantitative estimate of drug-likeness (QED) is 0.514. The van der Waals surface area contributed by atoms with Gasteiger partial charge in [-0.15, -0.1) is 11.3 Å². The van der Waals surface area contributed by atoms with E-state index in [-0.39, 0.29) is 11.1 Å². The Bertz CT molecular complexity index is 1290. The second-order valence-electron chi connectivity index (χ2n) is 6.91. The summed E-state index contributed by atoms with van der Waals surface area (Å²) in [7, 11) is 1.60. The minimum Gasteiger partial charge on any atom is -0.492 e. The second-order valence-corrected chi connectivity index (χ2v) is 8.66. The molecule has 0 aliphatic carbocycles. The summed E-state index contributed by atoms with van der Waals surface area (Å²) in [6, 6.07) is 10.0. The molecule has 0 bridgehead atoms. The van der Waals surface area contributed by atoms with Crippen LogP contribution in [0.4, 0.5) is 0 Å². The van der Waals surface area contributed by atoms with Crippen molar-refractivity contribution in [2.75, 3.05) is 20.3 Å². The fourth-order valence-electron chi connectivity index (χ4n) is 3.40. The zero-order chi connectivity index (χ0) is 22.8. The molecular formula is C22H17ClN2O6S. The third-order valence-corrected chi connectivity index (χ3v) is 6.13. The predicted octanol–water partition coefficient (Wildman–Crippen LogP) is 4.15. The summed E-state index contributed by atoms with van der Waals surface area (Å²) >= 11 is 7.38. The number of aromatic carboxylic acids is 1. The van der Waals surface area contributed by atoms with Gasteiger partial charge in [0.25, 0.3) is 0 Å². The van der Waals surface area contributed by atoms with Gasteiger partial charge in [-0.25, -0.2) is 4.79 Å². The zero-order valence-corrected chi connectivity index (χ0v) is 18.4. The molecule has 0 amide bonds. The van der Waals surface area contributed by atoms with E-state index < -0.39 is 17.6 Å². The van der Waals surface area contributed by atoms with E-state index in [1.807, 2.05) is 0 Å². The zero-order valence-electron chi connectivity index (χ0n) is 16.8. The number of aromatic nitrogens is 1. The number of nitriles is 1. The van der Waals surface area contributed by atoms with Crippen molar-refractivity contribution < 1.29 is 24.1 Å². The summed E-state index contributed by atoms with van der Waals surface area (Å²) in [5, 5.41) is 19.0. The number of methoxy groups -OCH3 is 1. The van der Waals surface area contributed by atoms with Crippen LogP contribution in [0.25, 0.3) is 11.3 Å². The number of hydrogen-bond donors (Lipinski definition) is 1. The molecule has 1 atom stereocenters. The smallest absolute Gasteiger partial charge is 0.341 e. The maximum Gasteiger partial charge on any atom is 0.341 e. The van der Waals surface area contributed by atoms with Gasteiger partial charge in [0.05, 0.1) is 27.1 Å². The third-order valence-electron chi connectivity index (χ3n) is 4.87. The molecule has 1 N–H and O–H groups in total. The first kappa shape index (κ1) is 21.9. The van der Waals surface area contributed by atoms with E-state index >= 15 is 0 Å². The largest absolute Gasteiger partial charge is 0.492 e. The molecular weight excluding hydrogens is 456 g/mol. The highest BCUT2D eigenvalue weighted by molar-refractivity contribution is 7.16. The number of carboxylic acids is 1. The molecule has 1 aliphatic heterocycles. The van der Waals surface area contributed by atoms with E-state index in [9.17, 15) is 20.0 Å².